The molecule has 3 aromatic rings. The monoisotopic (exact) mass is 322 g/mol. The van der Waals surface area contributed by atoms with Gasteiger partial charge < -0.3 is 10.3 Å². The van der Waals surface area contributed by atoms with Crippen molar-refractivity contribution in [3.8, 4) is 5.69 Å². The number of aromatic nitrogens is 2. The Balaban J connectivity index is 2.03. The van der Waals surface area contributed by atoms with Crippen LogP contribution in [-0.4, -0.2) is 20.9 Å². The van der Waals surface area contributed by atoms with Crippen molar-refractivity contribution in [3.05, 3.63) is 57.5 Å². The molecule has 1 aliphatic rings. The van der Waals surface area contributed by atoms with Gasteiger partial charge in [-0.1, -0.05) is 6.07 Å². The number of amides is 2. The van der Waals surface area contributed by atoms with Crippen LogP contribution in [0.2, 0.25) is 0 Å². The number of carbonyl (C=O) groups is 2. The minimum absolute atomic E-state index is 0.0227. The highest BCUT2D eigenvalue weighted by molar-refractivity contribution is 6.23. The molecule has 0 radical (unpaired) electrons. The first-order valence-corrected chi connectivity index (χ1v) is 7.35. The average Bonchev–Trinajstić information content (AvgIpc) is 2.96. The van der Waals surface area contributed by atoms with Crippen molar-refractivity contribution in [1.29, 1.82) is 0 Å². The van der Waals surface area contributed by atoms with E-state index >= 15 is 0 Å². The first-order valence-electron chi connectivity index (χ1n) is 7.35. The van der Waals surface area contributed by atoms with Gasteiger partial charge in [0.15, 0.2) is 0 Å². The molecule has 24 heavy (non-hydrogen) atoms. The van der Waals surface area contributed by atoms with Crippen LogP contribution in [0.3, 0.4) is 0 Å². The highest BCUT2D eigenvalue weighted by atomic mass is 16.2. The summed E-state index contributed by atoms with van der Waals surface area (Å²) in [5.41, 5.74) is 8.27. The van der Waals surface area contributed by atoms with Gasteiger partial charge in [0, 0.05) is 24.7 Å². The van der Waals surface area contributed by atoms with E-state index in [9.17, 15) is 14.4 Å². The van der Waals surface area contributed by atoms with Gasteiger partial charge in [-0.15, -0.1) is 0 Å². The third kappa shape index (κ3) is 1.75. The predicted octanol–water partition coefficient (Wildman–Crippen LogP) is 1.10. The molecule has 0 aliphatic carbocycles. The van der Waals surface area contributed by atoms with Crippen LogP contribution in [0.5, 0.6) is 0 Å². The number of fused-ring (bicyclic) bond motifs is 2. The van der Waals surface area contributed by atoms with E-state index in [2.05, 4.69) is 5.32 Å². The van der Waals surface area contributed by atoms with E-state index in [0.717, 1.165) is 22.5 Å². The number of nitrogen functional groups attached to an aromatic ring is 1. The van der Waals surface area contributed by atoms with Crippen LogP contribution in [0, 0.1) is 6.92 Å². The van der Waals surface area contributed by atoms with Crippen molar-refractivity contribution >= 4 is 28.5 Å². The highest BCUT2D eigenvalue weighted by Gasteiger charge is 2.31. The third-order valence-electron chi connectivity index (χ3n) is 4.38. The summed E-state index contributed by atoms with van der Waals surface area (Å²) in [6.45, 7) is 2.01. The number of imide groups is 1. The summed E-state index contributed by atoms with van der Waals surface area (Å²) >= 11 is 0. The summed E-state index contributed by atoms with van der Waals surface area (Å²) in [4.78, 5) is 36.1. The fraction of sp³-hybridized carbons (Fsp3) is 0.118. The molecule has 1 aliphatic heterocycles. The lowest BCUT2D eigenvalue weighted by molar-refractivity contribution is 0.0880. The zero-order chi connectivity index (χ0) is 17.2. The molecule has 0 saturated heterocycles. The van der Waals surface area contributed by atoms with Gasteiger partial charge in [0.2, 0.25) is 0 Å². The number of nitrogens with zero attached hydrogens (tertiary/aromatic N) is 2. The quantitative estimate of drug-likeness (QED) is 0.655. The normalized spacial score (nSPS) is 13.4. The Bertz CT molecular complexity index is 1120. The van der Waals surface area contributed by atoms with E-state index < -0.39 is 17.4 Å². The second-order valence-corrected chi connectivity index (χ2v) is 5.90. The number of pyridine rings is 1. The lowest BCUT2D eigenvalue weighted by atomic mass is 10.1. The molecule has 0 spiro atoms. The Hall–Kier alpha value is -3.35. The summed E-state index contributed by atoms with van der Waals surface area (Å²) in [6.07, 6.45) is 2.00. The van der Waals surface area contributed by atoms with Crippen LogP contribution in [0.25, 0.3) is 16.6 Å². The lowest BCUT2D eigenvalue weighted by Crippen LogP contribution is -2.24. The zero-order valence-corrected chi connectivity index (χ0v) is 13.1. The fourth-order valence-electron chi connectivity index (χ4n) is 3.26. The second-order valence-electron chi connectivity index (χ2n) is 5.90. The Morgan fingerprint density at radius 3 is 2.58 bits per heavy atom. The molecule has 0 atom stereocenters. The summed E-state index contributed by atoms with van der Waals surface area (Å²) in [5.74, 6) is -1.22. The standard InChI is InChI=1S/C17H14N4O3/c1-8-7-20(2)12-5-9(3-4-10(8)12)21-13(22)6-11-14(15(21)18)17(24)19-16(11)23/h3-7H,18H2,1-2H3,(H,19,23,24). The topological polar surface area (TPSA) is 99.1 Å². The Kier molecular flexibility index (Phi) is 2.72. The number of hydrogen-bond donors (Lipinski definition) is 2. The molecule has 3 heterocycles. The van der Waals surface area contributed by atoms with Crippen LogP contribution in [0.1, 0.15) is 26.3 Å². The van der Waals surface area contributed by atoms with E-state index in [1.165, 1.54) is 4.57 Å². The van der Waals surface area contributed by atoms with Gasteiger partial charge in [-0.25, -0.2) is 0 Å². The maximum absolute atomic E-state index is 12.5. The van der Waals surface area contributed by atoms with Gasteiger partial charge >= 0.3 is 0 Å². The fourth-order valence-corrected chi connectivity index (χ4v) is 3.26. The summed E-state index contributed by atoms with van der Waals surface area (Å²) in [5, 5.41) is 3.23. The van der Waals surface area contributed by atoms with Gasteiger partial charge in [0.25, 0.3) is 17.4 Å². The van der Waals surface area contributed by atoms with Crippen molar-refractivity contribution in [3.63, 3.8) is 0 Å². The van der Waals surface area contributed by atoms with Crippen molar-refractivity contribution < 1.29 is 9.59 Å². The van der Waals surface area contributed by atoms with Crippen LogP contribution in [0.4, 0.5) is 5.82 Å². The highest BCUT2D eigenvalue weighted by Crippen LogP contribution is 2.26. The summed E-state index contributed by atoms with van der Waals surface area (Å²) < 4.78 is 3.21. The predicted molar refractivity (Wildman–Crippen MR) is 89.5 cm³/mol. The van der Waals surface area contributed by atoms with Crippen LogP contribution >= 0.6 is 0 Å². The Labute approximate surface area is 136 Å². The largest absolute Gasteiger partial charge is 0.384 e. The number of hydrogen-bond acceptors (Lipinski definition) is 4. The van der Waals surface area contributed by atoms with Gasteiger partial charge in [0.05, 0.1) is 22.3 Å². The summed E-state index contributed by atoms with van der Waals surface area (Å²) in [7, 11) is 1.92. The molecular weight excluding hydrogens is 308 g/mol. The van der Waals surface area contributed by atoms with Gasteiger partial charge in [0.1, 0.15) is 5.82 Å². The van der Waals surface area contributed by atoms with E-state index in [-0.39, 0.29) is 16.9 Å². The van der Waals surface area contributed by atoms with E-state index in [4.69, 9.17) is 5.73 Å². The maximum Gasteiger partial charge on any atom is 0.262 e. The Morgan fingerprint density at radius 2 is 1.83 bits per heavy atom. The Morgan fingerprint density at radius 1 is 1.08 bits per heavy atom. The van der Waals surface area contributed by atoms with Gasteiger partial charge in [-0.3, -0.25) is 24.3 Å². The van der Waals surface area contributed by atoms with Crippen molar-refractivity contribution in [2.45, 2.75) is 6.92 Å². The molecule has 7 nitrogen and oxygen atoms in total. The number of rotatable bonds is 1. The molecular formula is C17H14N4O3. The van der Waals surface area contributed by atoms with Gasteiger partial charge in [-0.2, -0.15) is 0 Å². The maximum atomic E-state index is 12.5. The molecule has 2 aromatic heterocycles. The summed E-state index contributed by atoms with van der Waals surface area (Å²) in [6, 6.07) is 6.66. The number of benzene rings is 1. The first-order chi connectivity index (χ1) is 11.4. The molecule has 3 N–H and O–H groups in total. The van der Waals surface area contributed by atoms with Crippen LogP contribution in [-0.2, 0) is 7.05 Å². The minimum atomic E-state index is -0.598. The third-order valence-corrected chi connectivity index (χ3v) is 4.38. The SMILES string of the molecule is Cc1cn(C)c2cc(-n3c(N)c4c(cc3=O)C(=O)NC4=O)ccc12. The number of aryl methyl sites for hydroxylation is 2. The smallest absolute Gasteiger partial charge is 0.262 e. The molecule has 0 fully saturated rings. The number of carbonyl (C=O) groups excluding carboxylic acids is 2. The molecule has 7 heteroatoms. The number of nitrogens with one attached hydrogen (secondary N) is 1. The molecule has 4 rings (SSSR count). The minimum Gasteiger partial charge on any atom is -0.384 e. The average molecular weight is 322 g/mol. The van der Waals surface area contributed by atoms with E-state index in [1.54, 1.807) is 6.07 Å². The van der Waals surface area contributed by atoms with Crippen molar-refractivity contribution in [2.75, 3.05) is 5.73 Å². The zero-order valence-electron chi connectivity index (χ0n) is 13.1. The van der Waals surface area contributed by atoms with Gasteiger partial charge in [-0.05, 0) is 24.6 Å². The van der Waals surface area contributed by atoms with E-state index in [1.807, 2.05) is 36.9 Å². The number of nitrogens with two attached hydrogens (primary N) is 1. The van der Waals surface area contributed by atoms with Crippen LogP contribution < -0.4 is 16.6 Å². The molecule has 0 unspecified atom stereocenters. The van der Waals surface area contributed by atoms with Crippen molar-refractivity contribution in [2.24, 2.45) is 7.05 Å². The van der Waals surface area contributed by atoms with Crippen molar-refractivity contribution in [1.82, 2.24) is 14.5 Å². The van der Waals surface area contributed by atoms with Crippen LogP contribution in [0.15, 0.2) is 35.3 Å². The first kappa shape index (κ1) is 14.3. The molecule has 2 amide bonds. The lowest BCUT2D eigenvalue weighted by Gasteiger charge is -2.12. The molecule has 120 valence electrons. The number of anilines is 1. The molecule has 0 bridgehead atoms. The second kappa shape index (κ2) is 4.58. The molecule has 1 aromatic carbocycles. The van der Waals surface area contributed by atoms with E-state index in [0.29, 0.717) is 5.69 Å². The molecule has 0 saturated carbocycles.